The number of nitrogens with two attached hydrogens (primary N) is 1. The summed E-state index contributed by atoms with van der Waals surface area (Å²) < 4.78 is 40.4. The summed E-state index contributed by atoms with van der Waals surface area (Å²) in [5.41, 5.74) is 7.70. The SMILES string of the molecule is COC(=O)[C@@H](N)CCCN/C(=N/OC(C)(C)C)NS(=O)(=O)c1c(C)c(C)c2c(c1C)CC(C)(C)O2. The predicted octanol–water partition coefficient (Wildman–Crippen LogP) is 2.56. The molecule has 11 heteroatoms. The molecule has 0 radical (unpaired) electrons. The summed E-state index contributed by atoms with van der Waals surface area (Å²) in [4.78, 5) is 17.2. The van der Waals surface area contributed by atoms with Gasteiger partial charge in [-0.05, 0) is 90.1 Å². The molecule has 1 aliphatic heterocycles. The van der Waals surface area contributed by atoms with Crippen LogP contribution < -0.4 is 20.5 Å². The number of carbonyl (C=O) groups excluding carboxylic acids is 1. The van der Waals surface area contributed by atoms with Crippen molar-refractivity contribution in [1.29, 1.82) is 0 Å². The molecule has 0 saturated carbocycles. The topological polar surface area (TPSA) is 141 Å². The third kappa shape index (κ3) is 7.23. The quantitative estimate of drug-likeness (QED) is 0.159. The van der Waals surface area contributed by atoms with Crippen LogP contribution in [0, 0.1) is 20.8 Å². The highest BCUT2D eigenvalue weighted by Gasteiger charge is 2.37. The first-order chi connectivity index (χ1) is 16.0. The highest BCUT2D eigenvalue weighted by atomic mass is 32.2. The second-order valence-corrected chi connectivity index (χ2v) is 12.1. The summed E-state index contributed by atoms with van der Waals surface area (Å²) >= 11 is 0. The molecule has 4 N–H and O–H groups in total. The van der Waals surface area contributed by atoms with Crippen LogP contribution in [0.4, 0.5) is 0 Å². The van der Waals surface area contributed by atoms with Crippen molar-refractivity contribution in [2.75, 3.05) is 13.7 Å². The van der Waals surface area contributed by atoms with Crippen molar-refractivity contribution < 1.29 is 27.5 Å². The zero-order chi connectivity index (χ0) is 26.8. The minimum atomic E-state index is -4.02. The van der Waals surface area contributed by atoms with Gasteiger partial charge in [0, 0.05) is 18.5 Å². The van der Waals surface area contributed by atoms with Crippen LogP contribution in [0.1, 0.15) is 69.7 Å². The monoisotopic (exact) mass is 512 g/mol. The van der Waals surface area contributed by atoms with Crippen LogP contribution in [0.3, 0.4) is 0 Å². The summed E-state index contributed by atoms with van der Waals surface area (Å²) in [5.74, 6) is 0.204. The van der Waals surface area contributed by atoms with E-state index in [-0.39, 0.29) is 10.9 Å². The molecule has 1 aliphatic rings. The number of guanidine groups is 1. The van der Waals surface area contributed by atoms with E-state index in [9.17, 15) is 13.2 Å². The van der Waals surface area contributed by atoms with Gasteiger partial charge >= 0.3 is 5.97 Å². The van der Waals surface area contributed by atoms with E-state index in [1.54, 1.807) is 34.6 Å². The van der Waals surface area contributed by atoms with Gasteiger partial charge < -0.3 is 25.4 Å². The molecule has 198 valence electrons. The second-order valence-electron chi connectivity index (χ2n) is 10.5. The van der Waals surface area contributed by atoms with Crippen LogP contribution in [0.15, 0.2) is 10.1 Å². The number of fused-ring (bicyclic) bond motifs is 1. The van der Waals surface area contributed by atoms with Crippen LogP contribution >= 0.6 is 0 Å². The van der Waals surface area contributed by atoms with Gasteiger partial charge in [-0.15, -0.1) is 0 Å². The number of rotatable bonds is 8. The lowest BCUT2D eigenvalue weighted by Gasteiger charge is -2.21. The lowest BCUT2D eigenvalue weighted by molar-refractivity contribution is -0.142. The molecule has 1 atom stereocenters. The molecule has 0 saturated heterocycles. The molecular formula is C24H40N4O6S. The first kappa shape index (κ1) is 28.7. The fourth-order valence-electron chi connectivity index (χ4n) is 3.89. The number of carbonyl (C=O) groups is 1. The van der Waals surface area contributed by atoms with E-state index >= 15 is 0 Å². The van der Waals surface area contributed by atoms with Crippen LogP contribution in [-0.4, -0.2) is 51.2 Å². The molecular weight excluding hydrogens is 472 g/mol. The number of esters is 1. The summed E-state index contributed by atoms with van der Waals surface area (Å²) in [6.07, 6.45) is 1.46. The molecule has 10 nitrogen and oxygen atoms in total. The molecule has 0 amide bonds. The summed E-state index contributed by atoms with van der Waals surface area (Å²) in [5, 5.41) is 6.97. The fourth-order valence-corrected chi connectivity index (χ4v) is 5.44. The number of hydrogen-bond acceptors (Lipinski definition) is 8. The van der Waals surface area contributed by atoms with E-state index < -0.39 is 33.2 Å². The lowest BCUT2D eigenvalue weighted by atomic mass is 9.94. The van der Waals surface area contributed by atoms with Crippen LogP contribution in [-0.2, 0) is 30.8 Å². The number of oxime groups is 1. The van der Waals surface area contributed by atoms with Crippen molar-refractivity contribution in [3.05, 3.63) is 22.3 Å². The normalized spacial score (nSPS) is 16.2. The third-order valence-corrected chi connectivity index (χ3v) is 7.30. The van der Waals surface area contributed by atoms with Crippen molar-refractivity contribution >= 4 is 22.0 Å². The molecule has 1 heterocycles. The van der Waals surface area contributed by atoms with Gasteiger partial charge in [0.15, 0.2) is 0 Å². The summed E-state index contributed by atoms with van der Waals surface area (Å²) in [6.45, 7) is 15.1. The Hall–Kier alpha value is -2.53. The predicted molar refractivity (Wildman–Crippen MR) is 135 cm³/mol. The average molecular weight is 513 g/mol. The largest absolute Gasteiger partial charge is 0.487 e. The number of benzene rings is 1. The van der Waals surface area contributed by atoms with Crippen molar-refractivity contribution in [1.82, 2.24) is 10.0 Å². The van der Waals surface area contributed by atoms with Gasteiger partial charge in [-0.3, -0.25) is 4.79 Å². The number of nitrogens with zero attached hydrogens (tertiary/aromatic N) is 1. The van der Waals surface area contributed by atoms with E-state index in [1.165, 1.54) is 7.11 Å². The molecule has 35 heavy (non-hydrogen) atoms. The standard InChI is InChI=1S/C24H40N4O6S/c1-14-15(2)20(16(3)17-13-24(7,8)33-19(14)17)35(30,31)28-22(27-34-23(4,5)6)26-12-10-11-18(25)21(29)32-9/h18H,10-13,25H2,1-9H3,(H2,26,27,28)/t18-/m0/s1. The molecule has 0 aliphatic carbocycles. The lowest BCUT2D eigenvalue weighted by Crippen LogP contribution is -2.43. The number of methoxy groups -OCH3 is 1. The Morgan fingerprint density at radius 3 is 2.40 bits per heavy atom. The van der Waals surface area contributed by atoms with Gasteiger partial charge in [0.1, 0.15) is 23.0 Å². The number of hydrogen-bond donors (Lipinski definition) is 3. The maximum Gasteiger partial charge on any atom is 0.322 e. The zero-order valence-electron chi connectivity index (χ0n) is 22.3. The molecule has 0 fully saturated rings. The minimum absolute atomic E-state index is 0.0555. The molecule has 0 bridgehead atoms. The van der Waals surface area contributed by atoms with Crippen LogP contribution in [0.25, 0.3) is 0 Å². The Balaban J connectivity index is 2.31. The Morgan fingerprint density at radius 1 is 1.20 bits per heavy atom. The maximum atomic E-state index is 13.6. The number of sulfonamides is 1. The Bertz CT molecular complexity index is 1090. The van der Waals surface area contributed by atoms with Crippen molar-refractivity contribution in [2.24, 2.45) is 10.9 Å². The van der Waals surface area contributed by atoms with E-state index in [4.69, 9.17) is 15.3 Å². The summed E-state index contributed by atoms with van der Waals surface area (Å²) in [7, 11) is -2.74. The van der Waals surface area contributed by atoms with Gasteiger partial charge in [0.25, 0.3) is 10.0 Å². The first-order valence-corrected chi connectivity index (χ1v) is 13.2. The van der Waals surface area contributed by atoms with Crippen LogP contribution in [0.2, 0.25) is 0 Å². The van der Waals surface area contributed by atoms with Gasteiger partial charge in [-0.2, -0.15) is 0 Å². The molecule has 0 aromatic heterocycles. The molecule has 0 unspecified atom stereocenters. The Kier molecular flexibility index (Phi) is 8.70. The minimum Gasteiger partial charge on any atom is -0.487 e. The first-order valence-electron chi connectivity index (χ1n) is 11.7. The highest BCUT2D eigenvalue weighted by Crippen LogP contribution is 2.43. The number of ether oxygens (including phenoxy) is 2. The molecule has 1 aromatic carbocycles. The Morgan fingerprint density at radius 2 is 1.83 bits per heavy atom. The van der Waals surface area contributed by atoms with Crippen molar-refractivity contribution in [3.8, 4) is 5.75 Å². The molecule has 0 spiro atoms. The van der Waals surface area contributed by atoms with Crippen molar-refractivity contribution in [2.45, 2.75) is 96.8 Å². The molecule has 2 rings (SSSR count). The summed E-state index contributed by atoms with van der Waals surface area (Å²) in [6, 6.07) is -0.754. The van der Waals surface area contributed by atoms with Gasteiger partial charge in [0.2, 0.25) is 5.96 Å². The van der Waals surface area contributed by atoms with E-state index in [0.717, 1.165) is 16.9 Å². The number of nitrogens with one attached hydrogen (secondary N) is 2. The second kappa shape index (κ2) is 10.6. The third-order valence-electron chi connectivity index (χ3n) is 5.69. The smallest absolute Gasteiger partial charge is 0.322 e. The average Bonchev–Trinajstić information content (AvgIpc) is 3.07. The highest BCUT2D eigenvalue weighted by molar-refractivity contribution is 7.90. The van der Waals surface area contributed by atoms with E-state index in [2.05, 4.69) is 19.9 Å². The van der Waals surface area contributed by atoms with Crippen LogP contribution in [0.5, 0.6) is 5.75 Å². The van der Waals surface area contributed by atoms with Crippen molar-refractivity contribution in [3.63, 3.8) is 0 Å². The Labute approximate surface area is 209 Å². The van der Waals surface area contributed by atoms with Gasteiger partial charge in [-0.25, -0.2) is 13.1 Å². The van der Waals surface area contributed by atoms with E-state index in [0.29, 0.717) is 36.9 Å². The maximum absolute atomic E-state index is 13.6. The molecule has 1 aromatic rings. The zero-order valence-corrected chi connectivity index (χ0v) is 23.1. The van der Waals surface area contributed by atoms with Gasteiger partial charge in [0.05, 0.1) is 12.0 Å². The van der Waals surface area contributed by atoms with E-state index in [1.807, 2.05) is 20.8 Å². The van der Waals surface area contributed by atoms with Gasteiger partial charge in [-0.1, -0.05) is 0 Å². The fraction of sp³-hybridized carbons (Fsp3) is 0.667.